The van der Waals surface area contributed by atoms with Crippen molar-refractivity contribution in [3.63, 3.8) is 0 Å². The van der Waals surface area contributed by atoms with Gasteiger partial charge in [0.25, 0.3) is 0 Å². The van der Waals surface area contributed by atoms with Gasteiger partial charge in [0, 0.05) is 13.1 Å². The molecule has 4 nitrogen and oxygen atoms in total. The summed E-state index contributed by atoms with van der Waals surface area (Å²) in [5, 5.41) is 9.35. The predicted octanol–water partition coefficient (Wildman–Crippen LogP) is 0.604. The predicted molar refractivity (Wildman–Crippen MR) is 52.4 cm³/mol. The Bertz CT molecular complexity index is 384. The zero-order valence-corrected chi connectivity index (χ0v) is 8.06. The highest BCUT2D eigenvalue weighted by molar-refractivity contribution is 5.84. The van der Waals surface area contributed by atoms with Crippen molar-refractivity contribution in [2.75, 3.05) is 18.0 Å². The number of nitrogens with zero attached hydrogens (tertiary/aromatic N) is 2. The minimum Gasteiger partial charge on any atom is -0.391 e. The van der Waals surface area contributed by atoms with Crippen LogP contribution in [-0.2, 0) is 0 Å². The summed E-state index contributed by atoms with van der Waals surface area (Å²) in [6.07, 6.45) is 3.17. The molecule has 2 heterocycles. The van der Waals surface area contributed by atoms with Crippen LogP contribution in [0.3, 0.4) is 0 Å². The Kier molecular flexibility index (Phi) is 2.64. The van der Waals surface area contributed by atoms with Crippen molar-refractivity contribution in [2.45, 2.75) is 12.5 Å². The zero-order valence-electron chi connectivity index (χ0n) is 8.06. The van der Waals surface area contributed by atoms with Gasteiger partial charge in [-0.3, -0.25) is 9.78 Å². The first-order chi connectivity index (χ1) is 7.22. The molecule has 0 bridgehead atoms. The Morgan fingerprint density at radius 1 is 1.60 bits per heavy atom. The molecule has 0 aliphatic carbocycles. The first-order valence-electron chi connectivity index (χ1n) is 4.74. The number of β-amino-alcohol motifs (C(OH)–C–C–N with tert-alkyl or cyclic N) is 1. The fraction of sp³-hybridized carbons (Fsp3) is 0.400. The van der Waals surface area contributed by atoms with E-state index in [0.29, 0.717) is 31.5 Å². The number of aliphatic hydroxyl groups is 1. The number of rotatable bonds is 2. The minimum atomic E-state index is -0.621. The van der Waals surface area contributed by atoms with Crippen LogP contribution in [0.2, 0.25) is 0 Å². The quantitative estimate of drug-likeness (QED) is 0.726. The third-order valence-electron chi connectivity index (χ3n) is 2.54. The van der Waals surface area contributed by atoms with E-state index in [2.05, 4.69) is 4.98 Å². The van der Waals surface area contributed by atoms with Crippen LogP contribution in [0.4, 0.5) is 10.1 Å². The smallest absolute Gasteiger partial charge is 0.155 e. The number of hydrogen-bond acceptors (Lipinski definition) is 4. The van der Waals surface area contributed by atoms with Crippen LogP contribution in [0, 0.1) is 5.82 Å². The molecule has 1 N–H and O–H groups in total. The summed E-state index contributed by atoms with van der Waals surface area (Å²) < 4.78 is 13.2. The van der Waals surface area contributed by atoms with Crippen molar-refractivity contribution < 1.29 is 14.3 Å². The minimum absolute atomic E-state index is 0.0131. The molecule has 0 radical (unpaired) electrons. The largest absolute Gasteiger partial charge is 0.391 e. The van der Waals surface area contributed by atoms with E-state index in [1.165, 1.54) is 6.20 Å². The number of halogens is 1. The summed E-state index contributed by atoms with van der Waals surface area (Å²) in [5.74, 6) is -0.621. The molecule has 1 saturated heterocycles. The van der Waals surface area contributed by atoms with Gasteiger partial charge in [0.2, 0.25) is 0 Å². The van der Waals surface area contributed by atoms with E-state index < -0.39 is 11.9 Å². The lowest BCUT2D eigenvalue weighted by molar-refractivity contribution is 0.112. The highest BCUT2D eigenvalue weighted by Crippen LogP contribution is 2.24. The molecule has 0 saturated carbocycles. The average molecular weight is 210 g/mol. The Balaban J connectivity index is 2.35. The molecular weight excluding hydrogens is 199 g/mol. The van der Waals surface area contributed by atoms with Crippen LogP contribution in [0.5, 0.6) is 0 Å². The number of aldehydes is 1. The molecule has 1 aromatic rings. The van der Waals surface area contributed by atoms with E-state index >= 15 is 0 Å². The number of carbonyl (C=O) groups is 1. The molecule has 1 aliphatic rings. The molecule has 1 aromatic heterocycles. The highest BCUT2D eigenvalue weighted by Gasteiger charge is 2.23. The van der Waals surface area contributed by atoms with Crippen molar-refractivity contribution in [3.05, 3.63) is 23.8 Å². The number of aliphatic hydroxyl groups excluding tert-OH is 1. The van der Waals surface area contributed by atoms with E-state index in [1.54, 1.807) is 4.90 Å². The van der Waals surface area contributed by atoms with Gasteiger partial charge in [0.1, 0.15) is 0 Å². The molecule has 1 atom stereocenters. The standard InChI is InChI=1S/C10H11FN2O2/c11-9-3-12-4-10(8(9)6-14)13-2-1-7(15)5-13/h3-4,6-7,15H,1-2,5H2. The fourth-order valence-electron chi connectivity index (χ4n) is 1.76. The summed E-state index contributed by atoms with van der Waals surface area (Å²) in [7, 11) is 0. The maximum atomic E-state index is 13.2. The Morgan fingerprint density at radius 2 is 2.40 bits per heavy atom. The normalized spacial score (nSPS) is 20.7. The molecule has 1 fully saturated rings. The zero-order chi connectivity index (χ0) is 10.8. The number of pyridine rings is 1. The van der Waals surface area contributed by atoms with Crippen molar-refractivity contribution >= 4 is 12.0 Å². The molecule has 1 unspecified atom stereocenters. The molecule has 0 spiro atoms. The van der Waals surface area contributed by atoms with Gasteiger partial charge < -0.3 is 10.0 Å². The summed E-state index contributed by atoms with van der Waals surface area (Å²) in [6, 6.07) is 0. The van der Waals surface area contributed by atoms with E-state index in [0.717, 1.165) is 6.20 Å². The monoisotopic (exact) mass is 210 g/mol. The van der Waals surface area contributed by atoms with E-state index in [-0.39, 0.29) is 5.56 Å². The van der Waals surface area contributed by atoms with Crippen molar-refractivity contribution in [2.24, 2.45) is 0 Å². The van der Waals surface area contributed by atoms with Crippen molar-refractivity contribution in [1.29, 1.82) is 0 Å². The molecule has 0 amide bonds. The molecule has 2 rings (SSSR count). The van der Waals surface area contributed by atoms with E-state index in [4.69, 9.17) is 0 Å². The second-order valence-corrected chi connectivity index (χ2v) is 3.56. The maximum Gasteiger partial charge on any atom is 0.155 e. The third-order valence-corrected chi connectivity index (χ3v) is 2.54. The van der Waals surface area contributed by atoms with Gasteiger partial charge in [-0.1, -0.05) is 0 Å². The van der Waals surface area contributed by atoms with Gasteiger partial charge >= 0.3 is 0 Å². The fourth-order valence-corrected chi connectivity index (χ4v) is 1.76. The molecule has 0 aromatic carbocycles. The lowest BCUT2D eigenvalue weighted by Gasteiger charge is -2.18. The topological polar surface area (TPSA) is 53.4 Å². The molecule has 15 heavy (non-hydrogen) atoms. The second-order valence-electron chi connectivity index (χ2n) is 3.56. The summed E-state index contributed by atoms with van der Waals surface area (Å²) in [6.45, 7) is 1.04. The lowest BCUT2D eigenvalue weighted by Crippen LogP contribution is -2.23. The molecule has 1 aliphatic heterocycles. The van der Waals surface area contributed by atoms with Crippen LogP contribution in [-0.4, -0.2) is 35.6 Å². The first kappa shape index (κ1) is 10.0. The SMILES string of the molecule is O=Cc1c(F)cncc1N1CCC(O)C1. The van der Waals surface area contributed by atoms with Crippen LogP contribution < -0.4 is 4.90 Å². The van der Waals surface area contributed by atoms with Gasteiger partial charge in [-0.25, -0.2) is 4.39 Å². The molecule has 80 valence electrons. The number of aromatic nitrogens is 1. The third kappa shape index (κ3) is 1.83. The van der Waals surface area contributed by atoms with Crippen LogP contribution in [0.15, 0.2) is 12.4 Å². The molecular formula is C10H11FN2O2. The maximum absolute atomic E-state index is 13.2. The summed E-state index contributed by atoms with van der Waals surface area (Å²) in [4.78, 5) is 16.2. The van der Waals surface area contributed by atoms with Gasteiger partial charge in [0.15, 0.2) is 12.1 Å². The Hall–Kier alpha value is -1.49. The number of carbonyl (C=O) groups excluding carboxylic acids is 1. The van der Waals surface area contributed by atoms with Gasteiger partial charge in [-0.2, -0.15) is 0 Å². The van der Waals surface area contributed by atoms with Crippen molar-refractivity contribution in [1.82, 2.24) is 4.98 Å². The summed E-state index contributed by atoms with van der Waals surface area (Å²) >= 11 is 0. The number of hydrogen-bond donors (Lipinski definition) is 1. The molecule has 5 heteroatoms. The van der Waals surface area contributed by atoms with Gasteiger partial charge in [-0.15, -0.1) is 0 Å². The Labute approximate surface area is 86.4 Å². The van der Waals surface area contributed by atoms with E-state index in [1.807, 2.05) is 0 Å². The lowest BCUT2D eigenvalue weighted by atomic mass is 10.2. The second kappa shape index (κ2) is 3.94. The first-order valence-corrected chi connectivity index (χ1v) is 4.74. The van der Waals surface area contributed by atoms with E-state index in [9.17, 15) is 14.3 Å². The van der Waals surface area contributed by atoms with Gasteiger partial charge in [-0.05, 0) is 6.42 Å². The van der Waals surface area contributed by atoms with Crippen LogP contribution >= 0.6 is 0 Å². The van der Waals surface area contributed by atoms with Crippen LogP contribution in [0.1, 0.15) is 16.8 Å². The highest BCUT2D eigenvalue weighted by atomic mass is 19.1. The van der Waals surface area contributed by atoms with Gasteiger partial charge in [0.05, 0.1) is 29.7 Å². The number of anilines is 1. The summed E-state index contributed by atoms with van der Waals surface area (Å²) in [5.41, 5.74) is 0.473. The Morgan fingerprint density at radius 3 is 3.00 bits per heavy atom. The van der Waals surface area contributed by atoms with Crippen LogP contribution in [0.25, 0.3) is 0 Å². The van der Waals surface area contributed by atoms with Crippen molar-refractivity contribution in [3.8, 4) is 0 Å². The average Bonchev–Trinajstić information content (AvgIpc) is 2.64.